The van der Waals surface area contributed by atoms with Gasteiger partial charge in [0.25, 0.3) is 5.56 Å². The van der Waals surface area contributed by atoms with Crippen molar-refractivity contribution in [1.82, 2.24) is 9.66 Å². The molecule has 0 unspecified atom stereocenters. The fourth-order valence-electron chi connectivity index (χ4n) is 4.38. The molecule has 4 rings (SSSR count). The van der Waals surface area contributed by atoms with E-state index in [1.165, 1.54) is 4.68 Å². The normalized spacial score (nSPS) is 12.2. The molecule has 0 aliphatic rings. The summed E-state index contributed by atoms with van der Waals surface area (Å²) in [4.78, 5) is 30.6. The molecule has 0 amide bonds. The highest BCUT2D eigenvalue weighted by atomic mass is 16.6. The summed E-state index contributed by atoms with van der Waals surface area (Å²) in [6.07, 6.45) is 0.820. The number of para-hydroxylation sites is 1. The fourth-order valence-corrected chi connectivity index (χ4v) is 4.38. The minimum atomic E-state index is -0.760. The van der Waals surface area contributed by atoms with Crippen molar-refractivity contribution in [1.29, 1.82) is 0 Å². The van der Waals surface area contributed by atoms with Crippen molar-refractivity contribution in [3.8, 4) is 22.9 Å². The second-order valence-corrected chi connectivity index (χ2v) is 9.69. The predicted molar refractivity (Wildman–Crippen MR) is 158 cm³/mol. The summed E-state index contributed by atoms with van der Waals surface area (Å²) in [6, 6.07) is 18.4. The average molecular weight is 542 g/mol. The molecule has 0 aliphatic heterocycles. The number of fused-ring (bicyclic) bond motifs is 1. The SMILES string of the molecule is CCOC(=O)[C@@H](C)Oc1cccc(C=Nn2c(-c3cc(C(C)C)c(OCC)cc3C)nc3ccccc3c2=O)c1. The lowest BCUT2D eigenvalue weighted by Crippen LogP contribution is -2.26. The minimum absolute atomic E-state index is 0.199. The van der Waals surface area contributed by atoms with Crippen LogP contribution in [0.3, 0.4) is 0 Å². The van der Waals surface area contributed by atoms with Gasteiger partial charge < -0.3 is 14.2 Å². The molecule has 8 nitrogen and oxygen atoms in total. The van der Waals surface area contributed by atoms with Crippen molar-refractivity contribution in [2.24, 2.45) is 5.10 Å². The number of rotatable bonds is 10. The number of carbonyl (C=O) groups is 1. The third kappa shape index (κ3) is 6.22. The quantitative estimate of drug-likeness (QED) is 0.178. The molecule has 0 fully saturated rings. The molecule has 40 heavy (non-hydrogen) atoms. The second-order valence-electron chi connectivity index (χ2n) is 9.69. The summed E-state index contributed by atoms with van der Waals surface area (Å²) in [5.41, 5.74) is 3.75. The summed E-state index contributed by atoms with van der Waals surface area (Å²) < 4.78 is 18.0. The maximum atomic E-state index is 13.7. The minimum Gasteiger partial charge on any atom is -0.494 e. The molecule has 0 aliphatic carbocycles. The Bertz CT molecular complexity index is 1610. The van der Waals surface area contributed by atoms with Crippen molar-refractivity contribution in [3.63, 3.8) is 0 Å². The Hall–Kier alpha value is -4.46. The summed E-state index contributed by atoms with van der Waals surface area (Å²) in [5.74, 6) is 1.51. The number of benzene rings is 3. The number of ether oxygens (including phenoxy) is 3. The van der Waals surface area contributed by atoms with Crippen LogP contribution in [-0.4, -0.2) is 41.2 Å². The average Bonchev–Trinajstić information content (AvgIpc) is 2.93. The number of aromatic nitrogens is 2. The van der Waals surface area contributed by atoms with Crippen molar-refractivity contribution in [2.75, 3.05) is 13.2 Å². The molecule has 4 aromatic rings. The van der Waals surface area contributed by atoms with Gasteiger partial charge in [-0.1, -0.05) is 38.1 Å². The zero-order chi connectivity index (χ0) is 28.8. The molecule has 1 heterocycles. The van der Waals surface area contributed by atoms with Crippen LogP contribution < -0.4 is 15.0 Å². The van der Waals surface area contributed by atoms with Gasteiger partial charge in [0.05, 0.1) is 30.3 Å². The van der Waals surface area contributed by atoms with E-state index >= 15 is 0 Å². The van der Waals surface area contributed by atoms with E-state index < -0.39 is 12.1 Å². The Morgan fingerprint density at radius 2 is 1.80 bits per heavy atom. The van der Waals surface area contributed by atoms with E-state index in [0.717, 1.165) is 22.4 Å². The third-order valence-corrected chi connectivity index (χ3v) is 6.39. The van der Waals surface area contributed by atoms with Gasteiger partial charge in [0.15, 0.2) is 11.9 Å². The van der Waals surface area contributed by atoms with Crippen LogP contribution >= 0.6 is 0 Å². The Balaban J connectivity index is 1.81. The highest BCUT2D eigenvalue weighted by Gasteiger charge is 2.19. The molecule has 1 atom stereocenters. The molecule has 1 aromatic heterocycles. The first-order chi connectivity index (χ1) is 19.2. The number of hydrogen-bond acceptors (Lipinski definition) is 7. The van der Waals surface area contributed by atoms with E-state index in [-0.39, 0.29) is 18.1 Å². The van der Waals surface area contributed by atoms with Crippen molar-refractivity contribution in [3.05, 3.63) is 87.7 Å². The monoisotopic (exact) mass is 541 g/mol. The van der Waals surface area contributed by atoms with Crippen LogP contribution in [0.2, 0.25) is 0 Å². The zero-order valence-corrected chi connectivity index (χ0v) is 23.8. The van der Waals surface area contributed by atoms with Gasteiger partial charge in [0, 0.05) is 5.56 Å². The van der Waals surface area contributed by atoms with E-state index in [9.17, 15) is 9.59 Å². The van der Waals surface area contributed by atoms with Crippen LogP contribution in [0.4, 0.5) is 0 Å². The third-order valence-electron chi connectivity index (χ3n) is 6.39. The zero-order valence-electron chi connectivity index (χ0n) is 23.8. The Kier molecular flexibility index (Phi) is 8.99. The van der Waals surface area contributed by atoms with Crippen LogP contribution in [0, 0.1) is 6.92 Å². The van der Waals surface area contributed by atoms with E-state index in [0.29, 0.717) is 34.6 Å². The Labute approximate surface area is 234 Å². The highest BCUT2D eigenvalue weighted by Crippen LogP contribution is 2.34. The predicted octanol–water partition coefficient (Wildman–Crippen LogP) is 6.11. The lowest BCUT2D eigenvalue weighted by molar-refractivity contribution is -0.150. The first-order valence-electron chi connectivity index (χ1n) is 13.5. The van der Waals surface area contributed by atoms with Gasteiger partial charge in [-0.2, -0.15) is 9.78 Å². The van der Waals surface area contributed by atoms with Gasteiger partial charge in [0.2, 0.25) is 0 Å². The van der Waals surface area contributed by atoms with E-state index in [4.69, 9.17) is 19.2 Å². The lowest BCUT2D eigenvalue weighted by atomic mass is 9.96. The Morgan fingerprint density at radius 3 is 2.52 bits per heavy atom. The molecule has 0 saturated heterocycles. The summed E-state index contributed by atoms with van der Waals surface area (Å²) in [6.45, 7) is 12.4. The van der Waals surface area contributed by atoms with Gasteiger partial charge >= 0.3 is 5.97 Å². The van der Waals surface area contributed by atoms with Crippen LogP contribution in [0.15, 0.2) is 70.6 Å². The summed E-state index contributed by atoms with van der Waals surface area (Å²) in [5, 5.41) is 5.07. The Morgan fingerprint density at radius 1 is 1.02 bits per heavy atom. The van der Waals surface area contributed by atoms with Gasteiger partial charge in [0.1, 0.15) is 11.5 Å². The van der Waals surface area contributed by atoms with Crippen LogP contribution in [0.25, 0.3) is 22.3 Å². The molecule has 0 saturated carbocycles. The van der Waals surface area contributed by atoms with Gasteiger partial charge in [-0.15, -0.1) is 0 Å². The van der Waals surface area contributed by atoms with Crippen LogP contribution in [0.5, 0.6) is 11.5 Å². The highest BCUT2D eigenvalue weighted by molar-refractivity contribution is 5.83. The smallest absolute Gasteiger partial charge is 0.347 e. The van der Waals surface area contributed by atoms with E-state index in [1.807, 2.05) is 50.2 Å². The van der Waals surface area contributed by atoms with Crippen molar-refractivity contribution < 1.29 is 19.0 Å². The van der Waals surface area contributed by atoms with Gasteiger partial charge in [-0.25, -0.2) is 9.78 Å². The van der Waals surface area contributed by atoms with Crippen LogP contribution in [0.1, 0.15) is 57.2 Å². The number of carbonyl (C=O) groups excluding carboxylic acids is 1. The van der Waals surface area contributed by atoms with E-state index in [2.05, 4.69) is 18.9 Å². The molecule has 8 heteroatoms. The first-order valence-corrected chi connectivity index (χ1v) is 13.5. The molecule has 0 bridgehead atoms. The second kappa shape index (κ2) is 12.6. The van der Waals surface area contributed by atoms with Crippen molar-refractivity contribution >= 4 is 23.1 Å². The lowest BCUT2D eigenvalue weighted by Gasteiger charge is -2.18. The van der Waals surface area contributed by atoms with E-state index in [1.54, 1.807) is 44.3 Å². The number of esters is 1. The van der Waals surface area contributed by atoms with Crippen LogP contribution in [-0.2, 0) is 9.53 Å². The largest absolute Gasteiger partial charge is 0.494 e. The topological polar surface area (TPSA) is 92.0 Å². The van der Waals surface area contributed by atoms with Gasteiger partial charge in [-0.3, -0.25) is 4.79 Å². The van der Waals surface area contributed by atoms with Gasteiger partial charge in [-0.05, 0) is 86.7 Å². The number of aryl methyl sites for hydroxylation is 1. The molecule has 0 N–H and O–H groups in total. The molecule has 3 aromatic carbocycles. The maximum absolute atomic E-state index is 13.7. The summed E-state index contributed by atoms with van der Waals surface area (Å²) in [7, 11) is 0. The summed E-state index contributed by atoms with van der Waals surface area (Å²) >= 11 is 0. The maximum Gasteiger partial charge on any atom is 0.347 e. The number of nitrogens with zero attached hydrogens (tertiary/aromatic N) is 3. The fraction of sp³-hybridized carbons (Fsp3) is 0.312. The molecule has 208 valence electrons. The standard InChI is InChI=1S/C32H35N3O5/c1-7-38-29-16-21(5)27(18-26(29)20(3)4)30-34-28-15-10-9-14-25(28)31(36)35(30)33-19-23-12-11-13-24(17-23)40-22(6)32(37)39-8-2/h9-20,22H,7-8H2,1-6H3/t22-/m1/s1. The molecular formula is C32H35N3O5. The molecule has 0 spiro atoms. The molecule has 0 radical (unpaired) electrons. The number of hydrogen-bond donors (Lipinski definition) is 0. The molecular weight excluding hydrogens is 506 g/mol. The van der Waals surface area contributed by atoms with Crippen molar-refractivity contribution in [2.45, 2.75) is 53.6 Å². The first kappa shape index (κ1) is 28.5.